The quantitative estimate of drug-likeness (QED) is 0.334. The van der Waals surface area contributed by atoms with Gasteiger partial charge in [0.2, 0.25) is 23.5 Å². The first-order chi connectivity index (χ1) is 16.7. The molecule has 0 aliphatic carbocycles. The highest BCUT2D eigenvalue weighted by Crippen LogP contribution is 2.39. The van der Waals surface area contributed by atoms with Gasteiger partial charge in [-0.15, -0.1) is 0 Å². The van der Waals surface area contributed by atoms with E-state index in [1.807, 2.05) is 48.5 Å². The normalized spacial score (nSPS) is 11.3. The maximum absolute atomic E-state index is 5.78. The van der Waals surface area contributed by atoms with Gasteiger partial charge in [-0.25, -0.2) is 0 Å². The third-order valence-corrected chi connectivity index (χ3v) is 7.66. The molecule has 0 N–H and O–H groups in total. The van der Waals surface area contributed by atoms with Crippen LogP contribution in [0.15, 0.2) is 72.8 Å². The van der Waals surface area contributed by atoms with Crippen LogP contribution in [0, 0.1) is 0 Å². The third-order valence-electron chi connectivity index (χ3n) is 5.09. The lowest BCUT2D eigenvalue weighted by Gasteiger charge is -2.20. The Morgan fingerprint density at radius 2 is 0.912 bits per heavy atom. The van der Waals surface area contributed by atoms with E-state index < -0.39 is 0 Å². The molecule has 2 heterocycles. The molecule has 2 atom stereocenters. The molecule has 0 saturated carbocycles. The molecule has 2 aromatic carbocycles. The first-order valence-electron chi connectivity index (χ1n) is 10.6. The minimum atomic E-state index is 0.348. The van der Waals surface area contributed by atoms with Gasteiger partial charge in [0.05, 0.1) is 39.6 Å². The van der Waals surface area contributed by atoms with Crippen molar-refractivity contribution < 1.29 is 18.9 Å². The van der Waals surface area contributed by atoms with E-state index in [0.29, 0.717) is 40.7 Å². The van der Waals surface area contributed by atoms with E-state index in [2.05, 4.69) is 34.2 Å². The van der Waals surface area contributed by atoms with Crippen molar-refractivity contribution in [2.45, 2.75) is 0 Å². The van der Waals surface area contributed by atoms with Gasteiger partial charge in [-0.2, -0.15) is 9.97 Å². The van der Waals surface area contributed by atoms with Gasteiger partial charge in [0, 0.05) is 12.1 Å². The smallest absolute Gasteiger partial charge is 0.225 e. The highest BCUT2D eigenvalue weighted by Gasteiger charge is 2.25. The van der Waals surface area contributed by atoms with Crippen LogP contribution in [-0.2, 0) is 0 Å². The third kappa shape index (κ3) is 5.30. The Morgan fingerprint density at radius 1 is 0.529 bits per heavy atom. The van der Waals surface area contributed by atoms with Crippen LogP contribution in [-0.4, -0.2) is 38.4 Å². The van der Waals surface area contributed by atoms with Crippen LogP contribution < -0.4 is 40.2 Å². The highest BCUT2D eigenvalue weighted by atomic mass is 31.1. The average Bonchev–Trinajstić information content (AvgIpc) is 2.89. The molecule has 174 valence electrons. The zero-order chi connectivity index (χ0) is 23.9. The van der Waals surface area contributed by atoms with Crippen molar-refractivity contribution >= 4 is 38.4 Å². The number of rotatable bonds is 9. The molecule has 0 aliphatic heterocycles. The van der Waals surface area contributed by atoms with Crippen LogP contribution in [0.5, 0.6) is 23.5 Å². The van der Waals surface area contributed by atoms with Crippen molar-refractivity contribution in [2.24, 2.45) is 0 Å². The first-order valence-corrected chi connectivity index (χ1v) is 12.6. The lowest BCUT2D eigenvalue weighted by Crippen LogP contribution is -2.17. The van der Waals surface area contributed by atoms with Crippen molar-refractivity contribution in [3.63, 3.8) is 0 Å². The second-order valence-corrected chi connectivity index (χ2v) is 9.91. The molecule has 0 spiro atoms. The molecule has 6 nitrogen and oxygen atoms in total. The van der Waals surface area contributed by atoms with E-state index in [0.717, 1.165) is 21.7 Å². The van der Waals surface area contributed by atoms with E-state index in [1.54, 1.807) is 28.4 Å². The van der Waals surface area contributed by atoms with Crippen molar-refractivity contribution in [3.05, 3.63) is 72.8 Å². The molecule has 2 aromatic heterocycles. The molecule has 4 aromatic rings. The van der Waals surface area contributed by atoms with Crippen molar-refractivity contribution in [1.82, 2.24) is 9.97 Å². The Kier molecular flexibility index (Phi) is 7.95. The van der Waals surface area contributed by atoms with Crippen LogP contribution in [0.1, 0.15) is 0 Å². The summed E-state index contributed by atoms with van der Waals surface area (Å²) < 4.78 is 22.6. The highest BCUT2D eigenvalue weighted by molar-refractivity contribution is 7.56. The maximum atomic E-state index is 5.78. The maximum Gasteiger partial charge on any atom is 0.225 e. The molecule has 0 saturated heterocycles. The topological polar surface area (TPSA) is 62.7 Å². The molecule has 0 bridgehead atoms. The zero-order valence-electron chi connectivity index (χ0n) is 19.5. The molecule has 2 unspecified atom stereocenters. The van der Waals surface area contributed by atoms with Gasteiger partial charge in [-0.3, -0.25) is 0 Å². The summed E-state index contributed by atoms with van der Waals surface area (Å²) in [7, 11) is 7.14. The van der Waals surface area contributed by atoms with Crippen molar-refractivity contribution in [3.8, 4) is 34.6 Å². The van der Waals surface area contributed by atoms with Crippen LogP contribution >= 0.6 is 17.2 Å². The average molecular weight is 492 g/mol. The second kappa shape index (κ2) is 11.3. The van der Waals surface area contributed by atoms with E-state index >= 15 is 0 Å². The minimum absolute atomic E-state index is 0.348. The molecular weight excluding hydrogens is 466 g/mol. The van der Waals surface area contributed by atoms with Gasteiger partial charge >= 0.3 is 0 Å². The standard InChI is InChI=1S/C26H26N2O4P2/c1-29-21-15-19(33-17-11-7-5-8-12-17)23(25(27-21)31-3)24-20(34-18-13-9-6-10-14-18)16-22(30-2)28-26(24)32-4/h5-16,33-34H,1-4H3. The fraction of sp³-hybridized carbons (Fsp3) is 0.154. The van der Waals surface area contributed by atoms with Crippen LogP contribution in [0.4, 0.5) is 0 Å². The van der Waals surface area contributed by atoms with Crippen molar-refractivity contribution in [1.29, 1.82) is 0 Å². The number of aromatic nitrogens is 2. The van der Waals surface area contributed by atoms with Gasteiger partial charge in [0.15, 0.2) is 0 Å². The van der Waals surface area contributed by atoms with E-state index in [-0.39, 0.29) is 0 Å². The molecule has 0 aliphatic rings. The molecule has 0 radical (unpaired) electrons. The molecule has 0 amide bonds. The molecule has 8 heteroatoms. The number of benzene rings is 2. The van der Waals surface area contributed by atoms with Gasteiger partial charge in [-0.1, -0.05) is 77.8 Å². The Morgan fingerprint density at radius 3 is 1.24 bits per heavy atom. The summed E-state index contributed by atoms with van der Waals surface area (Å²) in [5, 5.41) is 4.43. The van der Waals surface area contributed by atoms with Crippen LogP contribution in [0.2, 0.25) is 0 Å². The first kappa shape index (κ1) is 23.9. The van der Waals surface area contributed by atoms with Crippen LogP contribution in [0.25, 0.3) is 11.1 Å². The summed E-state index contributed by atoms with van der Waals surface area (Å²) in [6, 6.07) is 24.5. The number of hydrogen-bond acceptors (Lipinski definition) is 6. The van der Waals surface area contributed by atoms with Gasteiger partial charge in [-0.05, 0) is 21.2 Å². The Bertz CT molecular complexity index is 1160. The minimum Gasteiger partial charge on any atom is -0.481 e. The lowest BCUT2D eigenvalue weighted by molar-refractivity contribution is 0.362. The summed E-state index contributed by atoms with van der Waals surface area (Å²) in [6.45, 7) is 0. The number of ether oxygens (including phenoxy) is 4. The molecule has 0 fully saturated rings. The zero-order valence-corrected chi connectivity index (χ0v) is 21.5. The predicted octanol–water partition coefficient (Wildman–Crippen LogP) is 3.44. The molecule has 4 rings (SSSR count). The Balaban J connectivity index is 1.98. The SMILES string of the molecule is COc1cc(Pc2ccccc2)c(-c2c(Pc3ccccc3)cc(OC)nc2OC)c(OC)n1. The largest absolute Gasteiger partial charge is 0.481 e. The summed E-state index contributed by atoms with van der Waals surface area (Å²) in [5.41, 5.74) is 1.69. The van der Waals surface area contributed by atoms with E-state index in [1.165, 1.54) is 10.6 Å². The molecule has 34 heavy (non-hydrogen) atoms. The number of nitrogens with zero attached hydrogens (tertiary/aromatic N) is 2. The number of hydrogen-bond donors (Lipinski definition) is 0. The van der Waals surface area contributed by atoms with E-state index in [9.17, 15) is 0 Å². The monoisotopic (exact) mass is 492 g/mol. The summed E-state index contributed by atoms with van der Waals surface area (Å²) in [4.78, 5) is 9.21. The Labute approximate surface area is 203 Å². The lowest BCUT2D eigenvalue weighted by atomic mass is 10.1. The predicted molar refractivity (Wildman–Crippen MR) is 142 cm³/mol. The van der Waals surface area contributed by atoms with Gasteiger partial charge in [0.1, 0.15) is 0 Å². The summed E-state index contributed by atoms with van der Waals surface area (Å²) in [5.74, 6) is 1.90. The number of pyridine rings is 2. The number of methoxy groups -OCH3 is 4. The van der Waals surface area contributed by atoms with Gasteiger partial charge in [0.25, 0.3) is 0 Å². The summed E-state index contributed by atoms with van der Waals surface area (Å²) in [6.07, 6.45) is 0. The Hall–Kier alpha value is -3.20. The fourth-order valence-electron chi connectivity index (χ4n) is 3.54. The summed E-state index contributed by atoms with van der Waals surface area (Å²) >= 11 is 0. The fourth-order valence-corrected chi connectivity index (χ4v) is 5.98. The van der Waals surface area contributed by atoms with Gasteiger partial charge < -0.3 is 18.9 Å². The molecular formula is C26H26N2O4P2. The second-order valence-electron chi connectivity index (χ2n) is 7.17. The van der Waals surface area contributed by atoms with E-state index in [4.69, 9.17) is 18.9 Å². The van der Waals surface area contributed by atoms with Crippen molar-refractivity contribution in [2.75, 3.05) is 28.4 Å². The van der Waals surface area contributed by atoms with Crippen LogP contribution in [0.3, 0.4) is 0 Å².